The van der Waals surface area contributed by atoms with Gasteiger partial charge in [0.05, 0.1) is 5.22 Å². The third-order valence-corrected chi connectivity index (χ3v) is 2.03. The molecular formula is C6H3N3O2S+. The first kappa shape index (κ1) is 7.23. The highest BCUT2D eigenvalue weighted by Crippen LogP contribution is 2.01. The number of rotatable bonds is 1. The lowest BCUT2D eigenvalue weighted by Crippen LogP contribution is -2.28. The molecule has 0 N–H and O–H groups in total. The monoisotopic (exact) mass is 181 g/mol. The Kier molecular flexibility index (Phi) is 1.54. The summed E-state index contributed by atoms with van der Waals surface area (Å²) in [4.78, 5) is 13.5. The number of hydrogen-bond acceptors (Lipinski definition) is 5. The Morgan fingerprint density at radius 1 is 1.58 bits per heavy atom. The van der Waals surface area contributed by atoms with E-state index in [-0.39, 0.29) is 5.82 Å². The molecule has 1 aliphatic heterocycles. The predicted octanol–water partition coefficient (Wildman–Crippen LogP) is -0.655. The van der Waals surface area contributed by atoms with Crippen LogP contribution in [-0.4, -0.2) is 9.91 Å². The molecule has 1 aromatic rings. The number of fused-ring (bicyclic) bond motifs is 1. The van der Waals surface area contributed by atoms with Gasteiger partial charge in [0.1, 0.15) is 11.9 Å². The molecule has 0 fully saturated rings. The van der Waals surface area contributed by atoms with Crippen LogP contribution in [-0.2, 0) is 0 Å². The van der Waals surface area contributed by atoms with Gasteiger partial charge in [-0.3, -0.25) is 0 Å². The van der Waals surface area contributed by atoms with Gasteiger partial charge in [0.2, 0.25) is 0 Å². The zero-order valence-electron chi connectivity index (χ0n) is 5.80. The van der Waals surface area contributed by atoms with Crippen LogP contribution in [0.5, 0.6) is 0 Å². The number of aromatic nitrogens is 1. The van der Waals surface area contributed by atoms with Crippen molar-refractivity contribution in [2.75, 3.05) is 0 Å². The van der Waals surface area contributed by atoms with Crippen molar-refractivity contribution in [1.82, 2.24) is 9.38 Å². The molecule has 0 aromatic carbocycles. The molecule has 12 heavy (non-hydrogen) atoms. The number of nitro groups is 1. The van der Waals surface area contributed by atoms with Crippen molar-refractivity contribution in [1.29, 1.82) is 0 Å². The zero-order chi connectivity index (χ0) is 8.55. The van der Waals surface area contributed by atoms with Gasteiger partial charge < -0.3 is 10.1 Å². The molecule has 1 aliphatic rings. The molecule has 0 saturated carbocycles. The normalized spacial score (nSPS) is 13.0. The SMILES string of the molecule is O=[N+]([O-])c1ccc2c(n1)=[N+]SC=2. The van der Waals surface area contributed by atoms with E-state index < -0.39 is 4.92 Å². The summed E-state index contributed by atoms with van der Waals surface area (Å²) in [6.07, 6.45) is 0. The Balaban J connectivity index is 2.69. The molecule has 59 valence electrons. The summed E-state index contributed by atoms with van der Waals surface area (Å²) >= 11 is 1.24. The second kappa shape index (κ2) is 2.56. The fourth-order valence-corrected chi connectivity index (χ4v) is 1.45. The lowest BCUT2D eigenvalue weighted by Gasteiger charge is -1.86. The van der Waals surface area contributed by atoms with Crippen LogP contribution in [0.1, 0.15) is 0 Å². The van der Waals surface area contributed by atoms with Gasteiger partial charge in [-0.05, 0) is 11.0 Å². The minimum atomic E-state index is -0.529. The molecule has 2 rings (SSSR count). The van der Waals surface area contributed by atoms with Crippen molar-refractivity contribution in [3.8, 4) is 0 Å². The fourth-order valence-electron chi connectivity index (χ4n) is 0.849. The summed E-state index contributed by atoms with van der Waals surface area (Å²) in [7, 11) is 0. The number of nitrogens with zero attached hydrogens (tertiary/aromatic N) is 3. The lowest BCUT2D eigenvalue weighted by molar-refractivity contribution is -0.389. The molecule has 2 heterocycles. The average molecular weight is 181 g/mol. The molecule has 0 atom stereocenters. The Labute approximate surface area is 71.1 Å². The van der Waals surface area contributed by atoms with Crippen LogP contribution >= 0.6 is 11.9 Å². The van der Waals surface area contributed by atoms with E-state index >= 15 is 0 Å². The molecule has 0 aliphatic carbocycles. The van der Waals surface area contributed by atoms with Crippen molar-refractivity contribution in [2.24, 2.45) is 0 Å². The molecule has 1 aromatic heterocycles. The first-order chi connectivity index (χ1) is 5.77. The zero-order valence-corrected chi connectivity index (χ0v) is 6.61. The standard InChI is InChI=1S/C6H3N3O2S/c10-9(11)5-2-1-4-3-12-8-6(4)7-5/h1-3H/q+1. The van der Waals surface area contributed by atoms with Crippen molar-refractivity contribution in [2.45, 2.75) is 0 Å². The maximum atomic E-state index is 10.3. The summed E-state index contributed by atoms with van der Waals surface area (Å²) in [5.41, 5.74) is 0.439. The quantitative estimate of drug-likeness (QED) is 0.328. The van der Waals surface area contributed by atoms with Gasteiger partial charge >= 0.3 is 11.3 Å². The third kappa shape index (κ3) is 1.06. The van der Waals surface area contributed by atoms with E-state index in [0.29, 0.717) is 5.49 Å². The van der Waals surface area contributed by atoms with E-state index in [1.807, 2.05) is 0 Å². The summed E-state index contributed by atoms with van der Waals surface area (Å²) in [6.45, 7) is 0. The molecule has 0 amide bonds. The van der Waals surface area contributed by atoms with E-state index in [1.54, 1.807) is 11.5 Å². The minimum absolute atomic E-state index is 0.159. The maximum absolute atomic E-state index is 10.3. The minimum Gasteiger partial charge on any atom is -0.358 e. The summed E-state index contributed by atoms with van der Waals surface area (Å²) in [5, 5.41) is 12.9. The van der Waals surface area contributed by atoms with Gasteiger partial charge in [-0.2, -0.15) is 0 Å². The Morgan fingerprint density at radius 2 is 2.42 bits per heavy atom. The Morgan fingerprint density at radius 3 is 3.17 bits per heavy atom. The van der Waals surface area contributed by atoms with E-state index in [2.05, 4.69) is 9.38 Å². The highest BCUT2D eigenvalue weighted by molar-refractivity contribution is 8.04. The fraction of sp³-hybridized carbons (Fsp3) is 0. The Bertz CT molecular complexity index is 456. The van der Waals surface area contributed by atoms with Gasteiger partial charge in [-0.1, -0.05) is 0 Å². The van der Waals surface area contributed by atoms with Crippen molar-refractivity contribution in [3.05, 3.63) is 33.0 Å². The van der Waals surface area contributed by atoms with Crippen molar-refractivity contribution >= 4 is 23.2 Å². The van der Waals surface area contributed by atoms with E-state index in [9.17, 15) is 10.1 Å². The summed E-state index contributed by atoms with van der Waals surface area (Å²) in [6, 6.07) is 3.01. The van der Waals surface area contributed by atoms with Gasteiger partial charge in [0.25, 0.3) is 0 Å². The van der Waals surface area contributed by atoms with Crippen LogP contribution < -0.4 is 15.1 Å². The Hall–Kier alpha value is -1.43. The molecule has 0 spiro atoms. The molecule has 0 bridgehead atoms. The van der Waals surface area contributed by atoms with Crippen LogP contribution in [0.25, 0.3) is 5.41 Å². The average Bonchev–Trinajstić information content (AvgIpc) is 2.49. The second-order valence-electron chi connectivity index (χ2n) is 2.15. The summed E-state index contributed by atoms with van der Waals surface area (Å²) < 4.78 is 3.89. The molecule has 0 unspecified atom stereocenters. The molecule has 6 heteroatoms. The van der Waals surface area contributed by atoms with Gasteiger partial charge in [-0.15, -0.1) is 0 Å². The first-order valence-electron chi connectivity index (χ1n) is 3.13. The van der Waals surface area contributed by atoms with Crippen molar-refractivity contribution in [3.63, 3.8) is 0 Å². The molecule has 1 radical (unpaired) electrons. The predicted molar refractivity (Wildman–Crippen MR) is 43.4 cm³/mol. The largest absolute Gasteiger partial charge is 0.385 e. The molecule has 0 saturated heterocycles. The third-order valence-electron chi connectivity index (χ3n) is 1.40. The smallest absolute Gasteiger partial charge is 0.358 e. The van der Waals surface area contributed by atoms with E-state index in [0.717, 1.165) is 5.22 Å². The lowest BCUT2D eigenvalue weighted by atomic mass is 10.4. The van der Waals surface area contributed by atoms with Gasteiger partial charge in [0, 0.05) is 20.9 Å². The van der Waals surface area contributed by atoms with Crippen LogP contribution in [0.2, 0.25) is 0 Å². The topological polar surface area (TPSA) is 70.1 Å². The summed E-state index contributed by atoms with van der Waals surface area (Å²) in [5.74, 6) is -0.159. The van der Waals surface area contributed by atoms with Crippen LogP contribution in [0, 0.1) is 10.1 Å². The molecular weight excluding hydrogens is 178 g/mol. The molecule has 5 nitrogen and oxygen atoms in total. The van der Waals surface area contributed by atoms with Crippen LogP contribution in [0.15, 0.2) is 12.1 Å². The van der Waals surface area contributed by atoms with Crippen LogP contribution in [0.4, 0.5) is 5.82 Å². The van der Waals surface area contributed by atoms with E-state index in [1.165, 1.54) is 18.0 Å². The highest BCUT2D eigenvalue weighted by atomic mass is 32.2. The number of hydrogen-bond donors (Lipinski definition) is 0. The van der Waals surface area contributed by atoms with E-state index in [4.69, 9.17) is 0 Å². The number of pyridine rings is 1. The van der Waals surface area contributed by atoms with Gasteiger partial charge in [-0.25, -0.2) is 0 Å². The van der Waals surface area contributed by atoms with Gasteiger partial charge in [0.15, 0.2) is 0 Å². The van der Waals surface area contributed by atoms with Crippen LogP contribution in [0.3, 0.4) is 0 Å². The maximum Gasteiger partial charge on any atom is 0.385 e. The van der Waals surface area contributed by atoms with Crippen molar-refractivity contribution < 1.29 is 4.92 Å². The highest BCUT2D eigenvalue weighted by Gasteiger charge is 2.13. The first-order valence-corrected chi connectivity index (χ1v) is 3.96. The second-order valence-corrected chi connectivity index (χ2v) is 2.78.